The summed E-state index contributed by atoms with van der Waals surface area (Å²) in [6.45, 7) is 0.936. The third kappa shape index (κ3) is 4.13. The number of ether oxygens (including phenoxy) is 1. The van der Waals surface area contributed by atoms with Crippen LogP contribution in [0, 0.1) is 0 Å². The summed E-state index contributed by atoms with van der Waals surface area (Å²) < 4.78 is 10.4. The number of hydrogen-bond acceptors (Lipinski definition) is 4. The van der Waals surface area contributed by atoms with Gasteiger partial charge in [0, 0.05) is 13.0 Å². The minimum atomic E-state index is -0.103. The van der Waals surface area contributed by atoms with Crippen molar-refractivity contribution in [1.29, 1.82) is 0 Å². The highest BCUT2D eigenvalue weighted by molar-refractivity contribution is 5.93. The van der Waals surface area contributed by atoms with E-state index in [1.54, 1.807) is 25.5 Å². The summed E-state index contributed by atoms with van der Waals surface area (Å²) in [7, 11) is 1.58. The molecule has 2 N–H and O–H groups in total. The van der Waals surface area contributed by atoms with Crippen molar-refractivity contribution < 1.29 is 13.9 Å². The summed E-state index contributed by atoms with van der Waals surface area (Å²) in [6.07, 6.45) is 2.40. The normalized spacial score (nSPS) is 10.2. The van der Waals surface area contributed by atoms with Crippen LogP contribution < -0.4 is 15.4 Å². The minimum Gasteiger partial charge on any atom is -0.495 e. The average molecular weight is 274 g/mol. The molecule has 1 aromatic heterocycles. The molecule has 0 aliphatic rings. The van der Waals surface area contributed by atoms with Crippen LogP contribution in [-0.2, 0) is 11.2 Å². The first-order valence-electron chi connectivity index (χ1n) is 6.45. The molecular formula is C15H18N2O3. The maximum atomic E-state index is 11.8. The summed E-state index contributed by atoms with van der Waals surface area (Å²) in [5.41, 5.74) is 0.674. The van der Waals surface area contributed by atoms with Crippen molar-refractivity contribution >= 4 is 11.6 Å². The molecule has 0 atom stereocenters. The Morgan fingerprint density at radius 1 is 1.25 bits per heavy atom. The minimum absolute atomic E-state index is 0.103. The Balaban J connectivity index is 1.72. The van der Waals surface area contributed by atoms with Gasteiger partial charge in [0.15, 0.2) is 0 Å². The number of nitrogens with one attached hydrogen (secondary N) is 2. The van der Waals surface area contributed by atoms with Crippen LogP contribution in [0.3, 0.4) is 0 Å². The van der Waals surface area contributed by atoms with Gasteiger partial charge in [0.25, 0.3) is 0 Å². The Morgan fingerprint density at radius 3 is 2.85 bits per heavy atom. The van der Waals surface area contributed by atoms with Crippen LogP contribution in [0.25, 0.3) is 0 Å². The van der Waals surface area contributed by atoms with E-state index in [2.05, 4.69) is 10.6 Å². The lowest BCUT2D eigenvalue weighted by Gasteiger charge is -2.10. The average Bonchev–Trinajstić information content (AvgIpc) is 2.97. The number of para-hydroxylation sites is 2. The number of anilines is 1. The molecule has 0 saturated heterocycles. The third-order valence-corrected chi connectivity index (χ3v) is 2.79. The van der Waals surface area contributed by atoms with Gasteiger partial charge in [-0.05, 0) is 24.3 Å². The molecule has 0 spiro atoms. The number of benzene rings is 1. The van der Waals surface area contributed by atoms with Crippen LogP contribution in [0.5, 0.6) is 5.75 Å². The number of furan rings is 1. The van der Waals surface area contributed by atoms with Gasteiger partial charge in [-0.3, -0.25) is 4.79 Å². The topological polar surface area (TPSA) is 63.5 Å². The van der Waals surface area contributed by atoms with E-state index in [1.807, 2.05) is 24.3 Å². The maximum Gasteiger partial charge on any atom is 0.238 e. The molecule has 2 rings (SSSR count). The Morgan fingerprint density at radius 2 is 2.10 bits per heavy atom. The number of rotatable bonds is 7. The lowest BCUT2D eigenvalue weighted by Crippen LogP contribution is -2.29. The highest BCUT2D eigenvalue weighted by Gasteiger charge is 2.06. The van der Waals surface area contributed by atoms with Crippen molar-refractivity contribution in [2.45, 2.75) is 6.42 Å². The molecular weight excluding hydrogens is 256 g/mol. The van der Waals surface area contributed by atoms with E-state index < -0.39 is 0 Å². The molecule has 1 amide bonds. The van der Waals surface area contributed by atoms with E-state index >= 15 is 0 Å². The standard InChI is InChI=1S/C15H18N2O3/c1-19-14-7-3-2-6-13(14)17-15(18)11-16-9-8-12-5-4-10-20-12/h2-7,10,16H,8-9,11H2,1H3,(H,17,18). The van der Waals surface area contributed by atoms with Gasteiger partial charge in [0.2, 0.25) is 5.91 Å². The van der Waals surface area contributed by atoms with E-state index in [0.29, 0.717) is 18.0 Å². The molecule has 5 heteroatoms. The molecule has 0 bridgehead atoms. The highest BCUT2D eigenvalue weighted by Crippen LogP contribution is 2.22. The van der Waals surface area contributed by atoms with Gasteiger partial charge in [-0.15, -0.1) is 0 Å². The van der Waals surface area contributed by atoms with Crippen LogP contribution in [-0.4, -0.2) is 26.1 Å². The second-order valence-electron chi connectivity index (χ2n) is 4.25. The molecule has 0 fully saturated rings. The molecule has 0 aliphatic heterocycles. The van der Waals surface area contributed by atoms with E-state index in [0.717, 1.165) is 12.2 Å². The fourth-order valence-corrected chi connectivity index (χ4v) is 1.81. The van der Waals surface area contributed by atoms with Crippen LogP contribution >= 0.6 is 0 Å². The summed E-state index contributed by atoms with van der Waals surface area (Å²) in [5, 5.41) is 5.87. The second kappa shape index (κ2) is 7.35. The predicted molar refractivity (Wildman–Crippen MR) is 76.9 cm³/mol. The first-order chi connectivity index (χ1) is 9.79. The van der Waals surface area contributed by atoms with Crippen molar-refractivity contribution in [2.75, 3.05) is 25.5 Å². The Hall–Kier alpha value is -2.27. The van der Waals surface area contributed by atoms with E-state index in [4.69, 9.17) is 9.15 Å². The molecule has 5 nitrogen and oxygen atoms in total. The molecule has 20 heavy (non-hydrogen) atoms. The molecule has 1 aromatic carbocycles. The van der Waals surface area contributed by atoms with Gasteiger partial charge in [0.1, 0.15) is 11.5 Å². The second-order valence-corrected chi connectivity index (χ2v) is 4.25. The molecule has 106 valence electrons. The van der Waals surface area contributed by atoms with Crippen molar-refractivity contribution in [3.05, 3.63) is 48.4 Å². The van der Waals surface area contributed by atoms with E-state index in [-0.39, 0.29) is 12.5 Å². The Bertz CT molecular complexity index is 538. The monoisotopic (exact) mass is 274 g/mol. The molecule has 0 saturated carbocycles. The highest BCUT2D eigenvalue weighted by atomic mass is 16.5. The first kappa shape index (κ1) is 14.1. The largest absolute Gasteiger partial charge is 0.495 e. The SMILES string of the molecule is COc1ccccc1NC(=O)CNCCc1ccco1. The summed E-state index contributed by atoms with van der Waals surface area (Å²) >= 11 is 0. The summed E-state index contributed by atoms with van der Waals surface area (Å²) in [5.74, 6) is 1.45. The van der Waals surface area contributed by atoms with Crippen molar-refractivity contribution in [3.63, 3.8) is 0 Å². The van der Waals surface area contributed by atoms with Gasteiger partial charge in [-0.1, -0.05) is 12.1 Å². The Labute approximate surface area is 117 Å². The van der Waals surface area contributed by atoms with E-state index in [1.165, 1.54) is 0 Å². The van der Waals surface area contributed by atoms with Crippen molar-refractivity contribution in [3.8, 4) is 5.75 Å². The fraction of sp³-hybridized carbons (Fsp3) is 0.267. The van der Waals surface area contributed by atoms with Crippen molar-refractivity contribution in [2.24, 2.45) is 0 Å². The molecule has 2 aromatic rings. The van der Waals surface area contributed by atoms with Gasteiger partial charge >= 0.3 is 0 Å². The van der Waals surface area contributed by atoms with Gasteiger partial charge in [-0.25, -0.2) is 0 Å². The van der Waals surface area contributed by atoms with Crippen LogP contribution in [0.2, 0.25) is 0 Å². The van der Waals surface area contributed by atoms with Crippen LogP contribution in [0.4, 0.5) is 5.69 Å². The zero-order chi connectivity index (χ0) is 14.2. The zero-order valence-corrected chi connectivity index (χ0v) is 11.4. The molecule has 0 aliphatic carbocycles. The summed E-state index contributed by atoms with van der Waals surface area (Å²) in [6, 6.07) is 11.1. The molecule has 1 heterocycles. The zero-order valence-electron chi connectivity index (χ0n) is 11.4. The smallest absolute Gasteiger partial charge is 0.238 e. The van der Waals surface area contributed by atoms with Gasteiger partial charge < -0.3 is 19.8 Å². The number of amides is 1. The number of methoxy groups -OCH3 is 1. The maximum absolute atomic E-state index is 11.8. The Kier molecular flexibility index (Phi) is 5.20. The molecule has 0 radical (unpaired) electrons. The van der Waals surface area contributed by atoms with Gasteiger partial charge in [0.05, 0.1) is 25.6 Å². The van der Waals surface area contributed by atoms with Crippen LogP contribution in [0.1, 0.15) is 5.76 Å². The van der Waals surface area contributed by atoms with E-state index in [9.17, 15) is 4.79 Å². The van der Waals surface area contributed by atoms with Crippen molar-refractivity contribution in [1.82, 2.24) is 5.32 Å². The fourth-order valence-electron chi connectivity index (χ4n) is 1.81. The van der Waals surface area contributed by atoms with Crippen LogP contribution in [0.15, 0.2) is 47.1 Å². The molecule has 0 unspecified atom stereocenters. The predicted octanol–water partition coefficient (Wildman–Crippen LogP) is 2.06. The number of hydrogen-bond donors (Lipinski definition) is 2. The third-order valence-electron chi connectivity index (χ3n) is 2.79. The quantitative estimate of drug-likeness (QED) is 0.759. The first-order valence-corrected chi connectivity index (χ1v) is 6.45. The summed E-state index contributed by atoms with van der Waals surface area (Å²) in [4.78, 5) is 11.8. The lowest BCUT2D eigenvalue weighted by atomic mass is 10.3. The number of carbonyl (C=O) groups excluding carboxylic acids is 1. The van der Waals surface area contributed by atoms with Gasteiger partial charge in [-0.2, -0.15) is 0 Å². The lowest BCUT2D eigenvalue weighted by molar-refractivity contribution is -0.115. The number of carbonyl (C=O) groups is 1.